The largest absolute Gasteiger partial charge is 0.322 e. The third-order valence-corrected chi connectivity index (χ3v) is 4.47. The van der Waals surface area contributed by atoms with Crippen LogP contribution in [0.15, 0.2) is 41.5 Å². The second kappa shape index (κ2) is 7.49. The summed E-state index contributed by atoms with van der Waals surface area (Å²) in [6, 6.07) is 6.44. The van der Waals surface area contributed by atoms with Crippen molar-refractivity contribution < 1.29 is 9.18 Å². The van der Waals surface area contributed by atoms with Gasteiger partial charge in [-0.3, -0.25) is 19.5 Å². The van der Waals surface area contributed by atoms with Gasteiger partial charge in [0.1, 0.15) is 11.6 Å². The van der Waals surface area contributed by atoms with Gasteiger partial charge in [0, 0.05) is 25.1 Å². The van der Waals surface area contributed by atoms with Crippen molar-refractivity contribution in [3.05, 3.63) is 64.1 Å². The molecule has 1 aromatic heterocycles. The van der Waals surface area contributed by atoms with Crippen molar-refractivity contribution in [3.63, 3.8) is 0 Å². The number of aromatic nitrogens is 2. The van der Waals surface area contributed by atoms with E-state index in [1.807, 2.05) is 0 Å². The van der Waals surface area contributed by atoms with Gasteiger partial charge in [0.05, 0.1) is 11.9 Å². The van der Waals surface area contributed by atoms with E-state index in [0.29, 0.717) is 12.1 Å². The lowest BCUT2D eigenvalue weighted by atomic mass is 9.89. The summed E-state index contributed by atoms with van der Waals surface area (Å²) in [5.74, 6) is -0.229. The minimum atomic E-state index is -0.316. The molecule has 0 spiro atoms. The molecule has 2 aromatic rings. The monoisotopic (exact) mass is 329 g/mol. The number of H-pyrrole nitrogens is 1. The number of nitrogens with one attached hydrogen (secondary N) is 1. The molecule has 1 fully saturated rings. The summed E-state index contributed by atoms with van der Waals surface area (Å²) in [4.78, 5) is 32.5. The van der Waals surface area contributed by atoms with Crippen LogP contribution in [-0.2, 0) is 17.8 Å². The lowest BCUT2D eigenvalue weighted by molar-refractivity contribution is -0.123. The summed E-state index contributed by atoms with van der Waals surface area (Å²) < 4.78 is 13.7. The summed E-state index contributed by atoms with van der Waals surface area (Å²) >= 11 is 0. The maximum atomic E-state index is 13.7. The van der Waals surface area contributed by atoms with Crippen LogP contribution in [-0.4, -0.2) is 33.7 Å². The van der Waals surface area contributed by atoms with Gasteiger partial charge in [0.25, 0.3) is 5.56 Å². The molecule has 24 heavy (non-hydrogen) atoms. The molecule has 1 saturated heterocycles. The van der Waals surface area contributed by atoms with Crippen molar-refractivity contribution in [2.45, 2.75) is 25.8 Å². The van der Waals surface area contributed by atoms with Crippen LogP contribution < -0.4 is 5.56 Å². The van der Waals surface area contributed by atoms with Gasteiger partial charge in [0.15, 0.2) is 0 Å². The summed E-state index contributed by atoms with van der Waals surface area (Å²) in [7, 11) is 0. The lowest BCUT2D eigenvalue weighted by Crippen LogP contribution is -2.36. The molecule has 5 nitrogen and oxygen atoms in total. The SMILES string of the molecule is O=C(Cc1ccccc1F)C1CCN(Cc2cncc(=O)[nH]2)CC1. The average Bonchev–Trinajstić information content (AvgIpc) is 2.57. The molecule has 0 atom stereocenters. The summed E-state index contributed by atoms with van der Waals surface area (Å²) in [6.45, 7) is 2.19. The van der Waals surface area contributed by atoms with E-state index in [9.17, 15) is 14.0 Å². The first-order chi connectivity index (χ1) is 11.6. The first-order valence-corrected chi connectivity index (χ1v) is 8.13. The van der Waals surface area contributed by atoms with Gasteiger partial charge in [-0.15, -0.1) is 0 Å². The molecule has 126 valence electrons. The average molecular weight is 329 g/mol. The number of benzene rings is 1. The van der Waals surface area contributed by atoms with E-state index >= 15 is 0 Å². The predicted octanol–water partition coefficient (Wildman–Crippen LogP) is 1.93. The summed E-state index contributed by atoms with van der Waals surface area (Å²) in [5.41, 5.74) is 1.04. The van der Waals surface area contributed by atoms with Crippen LogP contribution in [0.3, 0.4) is 0 Å². The Morgan fingerprint density at radius 2 is 2.00 bits per heavy atom. The van der Waals surface area contributed by atoms with Crippen LogP contribution in [0, 0.1) is 11.7 Å². The molecule has 0 saturated carbocycles. The fraction of sp³-hybridized carbons (Fsp3) is 0.389. The number of piperidine rings is 1. The van der Waals surface area contributed by atoms with Crippen molar-refractivity contribution in [1.29, 1.82) is 0 Å². The zero-order valence-corrected chi connectivity index (χ0v) is 13.4. The Balaban J connectivity index is 1.52. The van der Waals surface area contributed by atoms with E-state index in [1.165, 1.54) is 12.3 Å². The van der Waals surface area contributed by atoms with E-state index in [1.54, 1.807) is 24.4 Å². The van der Waals surface area contributed by atoms with Gasteiger partial charge in [-0.2, -0.15) is 0 Å². The van der Waals surface area contributed by atoms with Crippen molar-refractivity contribution in [1.82, 2.24) is 14.9 Å². The number of likely N-dealkylation sites (tertiary alicyclic amines) is 1. The smallest absolute Gasteiger partial charge is 0.266 e. The second-order valence-electron chi connectivity index (χ2n) is 6.21. The molecule has 1 N–H and O–H groups in total. The van der Waals surface area contributed by atoms with Gasteiger partial charge in [-0.05, 0) is 37.6 Å². The zero-order valence-electron chi connectivity index (χ0n) is 13.4. The Kier molecular flexibility index (Phi) is 5.15. The molecule has 2 heterocycles. The van der Waals surface area contributed by atoms with Gasteiger partial charge in [0.2, 0.25) is 0 Å². The number of carbonyl (C=O) groups is 1. The van der Waals surface area contributed by atoms with E-state index in [0.717, 1.165) is 31.6 Å². The van der Waals surface area contributed by atoms with Gasteiger partial charge >= 0.3 is 0 Å². The van der Waals surface area contributed by atoms with E-state index < -0.39 is 0 Å². The molecule has 0 bridgehead atoms. The fourth-order valence-electron chi connectivity index (χ4n) is 3.13. The summed E-state index contributed by atoms with van der Waals surface area (Å²) in [5, 5.41) is 0. The first-order valence-electron chi connectivity index (χ1n) is 8.13. The van der Waals surface area contributed by atoms with Crippen LogP contribution in [0.4, 0.5) is 4.39 Å². The number of Topliss-reactive ketones (excluding diaryl/α,β-unsaturated/α-hetero) is 1. The predicted molar refractivity (Wildman–Crippen MR) is 88.0 cm³/mol. The number of ketones is 1. The van der Waals surface area contributed by atoms with Crippen LogP contribution in [0.25, 0.3) is 0 Å². The molecule has 0 unspecified atom stereocenters. The normalized spacial score (nSPS) is 16.2. The molecule has 1 aliphatic rings. The Morgan fingerprint density at radius 3 is 2.71 bits per heavy atom. The van der Waals surface area contributed by atoms with Crippen LogP contribution >= 0.6 is 0 Å². The van der Waals surface area contributed by atoms with Gasteiger partial charge in [-0.25, -0.2) is 4.39 Å². The minimum absolute atomic E-state index is 0.0196. The highest BCUT2D eigenvalue weighted by Gasteiger charge is 2.25. The molecule has 1 aliphatic heterocycles. The standard InChI is InChI=1S/C18H20FN3O2/c19-16-4-2-1-3-14(16)9-17(23)13-5-7-22(8-6-13)12-15-10-20-11-18(24)21-15/h1-4,10-11,13H,5-9,12H2,(H,21,24). The lowest BCUT2D eigenvalue weighted by Gasteiger charge is -2.31. The third-order valence-electron chi connectivity index (χ3n) is 4.47. The quantitative estimate of drug-likeness (QED) is 0.910. The van der Waals surface area contributed by atoms with E-state index in [4.69, 9.17) is 0 Å². The molecule has 6 heteroatoms. The number of hydrogen-bond donors (Lipinski definition) is 1. The highest BCUT2D eigenvalue weighted by atomic mass is 19.1. The molecule has 0 amide bonds. The number of halogens is 1. The first kappa shape index (κ1) is 16.5. The van der Waals surface area contributed by atoms with E-state index in [2.05, 4.69) is 14.9 Å². The topological polar surface area (TPSA) is 66.1 Å². The van der Waals surface area contributed by atoms with Crippen molar-refractivity contribution in [2.24, 2.45) is 5.92 Å². The second-order valence-corrected chi connectivity index (χ2v) is 6.21. The molecular formula is C18H20FN3O2. The Labute approximate surface area is 139 Å². The van der Waals surface area contributed by atoms with Crippen molar-refractivity contribution in [2.75, 3.05) is 13.1 Å². The molecule has 3 rings (SSSR count). The number of aromatic amines is 1. The van der Waals surface area contributed by atoms with Crippen molar-refractivity contribution in [3.8, 4) is 0 Å². The maximum Gasteiger partial charge on any atom is 0.266 e. The molecular weight excluding hydrogens is 309 g/mol. The highest BCUT2D eigenvalue weighted by molar-refractivity contribution is 5.83. The minimum Gasteiger partial charge on any atom is -0.322 e. The third kappa shape index (κ3) is 4.14. The van der Waals surface area contributed by atoms with Gasteiger partial charge < -0.3 is 4.98 Å². The number of rotatable bonds is 5. The number of nitrogens with zero attached hydrogens (tertiary/aromatic N) is 2. The highest BCUT2D eigenvalue weighted by Crippen LogP contribution is 2.21. The number of hydrogen-bond acceptors (Lipinski definition) is 4. The Hall–Kier alpha value is -2.34. The van der Waals surface area contributed by atoms with Crippen LogP contribution in [0.2, 0.25) is 0 Å². The van der Waals surface area contributed by atoms with Crippen LogP contribution in [0.5, 0.6) is 0 Å². The molecule has 1 aromatic carbocycles. The molecule has 0 aliphatic carbocycles. The zero-order chi connectivity index (χ0) is 16.9. The van der Waals surface area contributed by atoms with Crippen molar-refractivity contribution >= 4 is 5.78 Å². The van der Waals surface area contributed by atoms with Gasteiger partial charge in [-0.1, -0.05) is 18.2 Å². The Morgan fingerprint density at radius 1 is 1.25 bits per heavy atom. The molecule has 0 radical (unpaired) electrons. The Bertz CT molecular complexity index is 767. The van der Waals surface area contributed by atoms with Crippen LogP contribution in [0.1, 0.15) is 24.1 Å². The maximum absolute atomic E-state index is 13.7. The summed E-state index contributed by atoms with van der Waals surface area (Å²) in [6.07, 6.45) is 4.58. The fourth-order valence-corrected chi connectivity index (χ4v) is 3.13. The van der Waals surface area contributed by atoms with E-state index in [-0.39, 0.29) is 29.5 Å². The number of carbonyl (C=O) groups excluding carboxylic acids is 1.